The van der Waals surface area contributed by atoms with Crippen molar-refractivity contribution in [3.63, 3.8) is 0 Å². The molecule has 0 aliphatic rings. The van der Waals surface area contributed by atoms with E-state index in [0.29, 0.717) is 12.2 Å². The number of anilines is 1. The van der Waals surface area contributed by atoms with Crippen LogP contribution in [0.2, 0.25) is 0 Å². The normalized spacial score (nSPS) is 11.8. The molecule has 0 fully saturated rings. The summed E-state index contributed by atoms with van der Waals surface area (Å²) in [5, 5.41) is 0. The van der Waals surface area contributed by atoms with Crippen molar-refractivity contribution in [3.8, 4) is 0 Å². The van der Waals surface area contributed by atoms with E-state index in [1.165, 1.54) is 24.3 Å². The van der Waals surface area contributed by atoms with Crippen molar-refractivity contribution in [1.82, 2.24) is 4.98 Å². The van der Waals surface area contributed by atoms with Crippen LogP contribution in [-0.4, -0.2) is 24.0 Å². The van der Waals surface area contributed by atoms with Crippen LogP contribution in [0.4, 0.5) is 14.5 Å². The van der Waals surface area contributed by atoms with Crippen LogP contribution in [-0.2, 0) is 4.79 Å². The van der Waals surface area contributed by atoms with Gasteiger partial charge >= 0.3 is 0 Å². The summed E-state index contributed by atoms with van der Waals surface area (Å²) in [5.41, 5.74) is 7.95. The molecule has 0 saturated heterocycles. The first-order valence-corrected chi connectivity index (χ1v) is 8.47. The van der Waals surface area contributed by atoms with Crippen molar-refractivity contribution < 1.29 is 13.6 Å². The van der Waals surface area contributed by atoms with Crippen LogP contribution in [0.25, 0.3) is 0 Å². The second kappa shape index (κ2) is 8.40. The van der Waals surface area contributed by atoms with Crippen molar-refractivity contribution in [2.75, 3.05) is 18.0 Å². The van der Waals surface area contributed by atoms with E-state index in [1.54, 1.807) is 41.6 Å². The largest absolute Gasteiger partial charge is 0.368 e. The van der Waals surface area contributed by atoms with Gasteiger partial charge in [0, 0.05) is 30.5 Å². The average Bonchev–Trinajstić information content (AvgIpc) is 2.67. The van der Waals surface area contributed by atoms with Crippen LogP contribution < -0.4 is 10.6 Å². The molecule has 0 bridgehead atoms. The van der Waals surface area contributed by atoms with Crippen molar-refractivity contribution >= 4 is 11.6 Å². The lowest BCUT2D eigenvalue weighted by molar-refractivity contribution is -0.116. The van der Waals surface area contributed by atoms with Crippen molar-refractivity contribution in [2.45, 2.75) is 5.92 Å². The first-order chi connectivity index (χ1) is 13.0. The van der Waals surface area contributed by atoms with Gasteiger partial charge in [0.2, 0.25) is 5.91 Å². The number of halogens is 2. The number of carbonyl (C=O) groups is 1. The number of pyridine rings is 1. The third-order valence-corrected chi connectivity index (χ3v) is 4.32. The third kappa shape index (κ3) is 4.88. The minimum atomic E-state index is -0.494. The van der Waals surface area contributed by atoms with Gasteiger partial charge in [0.1, 0.15) is 11.6 Å². The van der Waals surface area contributed by atoms with E-state index in [0.717, 1.165) is 11.1 Å². The molecule has 0 radical (unpaired) electrons. The fourth-order valence-electron chi connectivity index (χ4n) is 3.02. The number of aromatic nitrogens is 1. The van der Waals surface area contributed by atoms with Gasteiger partial charge in [-0.05, 0) is 59.7 Å². The number of hydrogen-bond acceptors (Lipinski definition) is 3. The zero-order valence-electron chi connectivity index (χ0n) is 14.6. The summed E-state index contributed by atoms with van der Waals surface area (Å²) in [4.78, 5) is 17.4. The van der Waals surface area contributed by atoms with Crippen molar-refractivity contribution in [3.05, 3.63) is 95.8 Å². The summed E-state index contributed by atoms with van der Waals surface area (Å²) in [6.45, 7) is 0.388. The molecule has 1 unspecified atom stereocenters. The molecule has 2 N–H and O–H groups in total. The Labute approximate surface area is 156 Å². The summed E-state index contributed by atoms with van der Waals surface area (Å²) in [7, 11) is 0. The third-order valence-electron chi connectivity index (χ3n) is 4.32. The first kappa shape index (κ1) is 18.5. The number of hydrogen-bond donors (Lipinski definition) is 1. The lowest BCUT2D eigenvalue weighted by atomic mass is 9.91. The number of amides is 1. The molecule has 3 rings (SSSR count). The van der Waals surface area contributed by atoms with Gasteiger partial charge in [-0.3, -0.25) is 9.78 Å². The highest BCUT2D eigenvalue weighted by Crippen LogP contribution is 2.28. The van der Waals surface area contributed by atoms with Gasteiger partial charge in [-0.1, -0.05) is 12.1 Å². The van der Waals surface area contributed by atoms with Gasteiger partial charge in [-0.15, -0.1) is 0 Å². The number of benzene rings is 2. The molecule has 1 aromatic heterocycles. The standard InChI is InChI=1S/C21H19F2N3O/c22-17-3-1-15(2-4-17)20(16-9-11-25-12-10-16)13-26(14-21(24)27)19-7-5-18(23)6-8-19/h1-12,20H,13-14H2,(H2,24,27). The fourth-order valence-corrected chi connectivity index (χ4v) is 3.02. The van der Waals surface area contributed by atoms with E-state index in [-0.39, 0.29) is 24.1 Å². The summed E-state index contributed by atoms with van der Waals surface area (Å²) in [6.07, 6.45) is 3.37. The van der Waals surface area contributed by atoms with Crippen LogP contribution in [0.1, 0.15) is 17.0 Å². The number of primary amides is 1. The van der Waals surface area contributed by atoms with E-state index in [2.05, 4.69) is 4.98 Å². The SMILES string of the molecule is NC(=O)CN(CC(c1ccncc1)c1ccc(F)cc1)c1ccc(F)cc1. The highest BCUT2D eigenvalue weighted by Gasteiger charge is 2.20. The molecule has 3 aromatic rings. The molecule has 138 valence electrons. The monoisotopic (exact) mass is 367 g/mol. The van der Waals surface area contributed by atoms with Gasteiger partial charge in [0.25, 0.3) is 0 Å². The molecule has 4 nitrogen and oxygen atoms in total. The van der Waals surface area contributed by atoms with Gasteiger partial charge in [-0.25, -0.2) is 8.78 Å². The Hall–Kier alpha value is -3.28. The van der Waals surface area contributed by atoms with Gasteiger partial charge in [0.05, 0.1) is 6.54 Å². The lowest BCUT2D eigenvalue weighted by Crippen LogP contribution is -2.37. The summed E-state index contributed by atoms with van der Waals surface area (Å²) in [5.74, 6) is -1.33. The number of carbonyl (C=O) groups excluding carboxylic acids is 1. The maximum absolute atomic E-state index is 13.4. The fraction of sp³-hybridized carbons (Fsp3) is 0.143. The molecule has 27 heavy (non-hydrogen) atoms. The highest BCUT2D eigenvalue weighted by atomic mass is 19.1. The Morgan fingerprint density at radius 3 is 1.96 bits per heavy atom. The van der Waals surface area contributed by atoms with Gasteiger partial charge < -0.3 is 10.6 Å². The van der Waals surface area contributed by atoms with E-state index < -0.39 is 5.91 Å². The molecule has 2 aromatic carbocycles. The molecule has 0 aliphatic heterocycles. The predicted octanol–water partition coefficient (Wildman–Crippen LogP) is 3.48. The zero-order chi connectivity index (χ0) is 19.2. The van der Waals surface area contributed by atoms with Crippen molar-refractivity contribution in [2.24, 2.45) is 5.73 Å². The summed E-state index contributed by atoms with van der Waals surface area (Å²) < 4.78 is 26.7. The van der Waals surface area contributed by atoms with E-state index in [9.17, 15) is 13.6 Å². The molecular weight excluding hydrogens is 348 g/mol. The van der Waals surface area contributed by atoms with Crippen molar-refractivity contribution in [1.29, 1.82) is 0 Å². The van der Waals surface area contributed by atoms with Crippen LogP contribution in [0.15, 0.2) is 73.1 Å². The number of rotatable bonds is 7. The second-order valence-electron chi connectivity index (χ2n) is 6.21. The molecule has 0 aliphatic carbocycles. The zero-order valence-corrected chi connectivity index (χ0v) is 14.6. The number of nitrogens with two attached hydrogens (primary N) is 1. The predicted molar refractivity (Wildman–Crippen MR) is 100 cm³/mol. The molecule has 1 atom stereocenters. The van der Waals surface area contributed by atoms with Gasteiger partial charge in [0.15, 0.2) is 0 Å². The molecule has 1 amide bonds. The Kier molecular flexibility index (Phi) is 5.76. The topological polar surface area (TPSA) is 59.2 Å². The molecule has 0 saturated carbocycles. The molecule has 6 heteroatoms. The molecule has 0 spiro atoms. The summed E-state index contributed by atoms with van der Waals surface area (Å²) in [6, 6.07) is 15.9. The maximum atomic E-state index is 13.4. The Bertz CT molecular complexity index is 884. The smallest absolute Gasteiger partial charge is 0.236 e. The second-order valence-corrected chi connectivity index (χ2v) is 6.21. The maximum Gasteiger partial charge on any atom is 0.236 e. The highest BCUT2D eigenvalue weighted by molar-refractivity contribution is 5.79. The Balaban J connectivity index is 1.97. The van der Waals surface area contributed by atoms with E-state index in [4.69, 9.17) is 5.73 Å². The Morgan fingerprint density at radius 1 is 0.889 bits per heavy atom. The quantitative estimate of drug-likeness (QED) is 0.695. The van der Waals surface area contributed by atoms with E-state index >= 15 is 0 Å². The molecular formula is C21H19F2N3O. The minimum absolute atomic E-state index is 0.0194. The van der Waals surface area contributed by atoms with Crippen LogP contribution in [0, 0.1) is 11.6 Å². The van der Waals surface area contributed by atoms with Crippen LogP contribution >= 0.6 is 0 Å². The first-order valence-electron chi connectivity index (χ1n) is 8.47. The lowest BCUT2D eigenvalue weighted by Gasteiger charge is -2.29. The molecule has 1 heterocycles. The van der Waals surface area contributed by atoms with E-state index in [1.807, 2.05) is 12.1 Å². The number of nitrogens with zero attached hydrogens (tertiary/aromatic N) is 2. The minimum Gasteiger partial charge on any atom is -0.368 e. The Morgan fingerprint density at radius 2 is 1.41 bits per heavy atom. The van der Waals surface area contributed by atoms with Crippen LogP contribution in [0.5, 0.6) is 0 Å². The van der Waals surface area contributed by atoms with Gasteiger partial charge in [-0.2, -0.15) is 0 Å². The average molecular weight is 367 g/mol. The summed E-state index contributed by atoms with van der Waals surface area (Å²) >= 11 is 0. The van der Waals surface area contributed by atoms with Crippen LogP contribution in [0.3, 0.4) is 0 Å².